The van der Waals surface area contributed by atoms with Crippen molar-refractivity contribution in [1.29, 1.82) is 0 Å². The predicted molar refractivity (Wildman–Crippen MR) is 181 cm³/mol. The third kappa shape index (κ3) is 7.62. The minimum absolute atomic E-state index is 0.0875. The molecular formula is C38H66O5S. The topological polar surface area (TPSA) is 79.2 Å². The van der Waals surface area contributed by atoms with Gasteiger partial charge in [0.25, 0.3) is 0 Å². The maximum atomic E-state index is 10.1. The molecule has 12 atom stereocenters. The van der Waals surface area contributed by atoms with E-state index in [0.717, 1.165) is 80.0 Å². The van der Waals surface area contributed by atoms with Gasteiger partial charge in [0.05, 0.1) is 12.7 Å². The molecule has 5 nitrogen and oxygen atoms in total. The van der Waals surface area contributed by atoms with Gasteiger partial charge in [0.15, 0.2) is 0 Å². The molecule has 3 saturated carbocycles. The molecule has 6 heteroatoms. The van der Waals surface area contributed by atoms with Crippen LogP contribution in [0.5, 0.6) is 0 Å². The summed E-state index contributed by atoms with van der Waals surface area (Å²) in [5.74, 6) is 6.25. The third-order valence-electron chi connectivity index (χ3n) is 13.4. The fourth-order valence-electron chi connectivity index (χ4n) is 10.7. The van der Waals surface area contributed by atoms with Crippen LogP contribution in [0.25, 0.3) is 0 Å². The molecule has 1 heterocycles. The number of hydrogen-bond acceptors (Lipinski definition) is 6. The van der Waals surface area contributed by atoms with Gasteiger partial charge >= 0.3 is 0 Å². The van der Waals surface area contributed by atoms with E-state index in [9.17, 15) is 15.3 Å². The largest absolute Gasteiger partial charge is 0.388 e. The Kier molecular flexibility index (Phi) is 12.3. The second kappa shape index (κ2) is 15.4. The van der Waals surface area contributed by atoms with Gasteiger partial charge in [-0.3, -0.25) is 0 Å². The smallest absolute Gasteiger partial charge is 0.131 e. The molecule has 5 rings (SSSR count). The molecule has 3 N–H and O–H groups in total. The Balaban J connectivity index is 1.02. The second-order valence-corrected chi connectivity index (χ2v) is 17.8. The van der Waals surface area contributed by atoms with Crippen LogP contribution in [0.3, 0.4) is 0 Å². The summed E-state index contributed by atoms with van der Waals surface area (Å²) >= 11 is 1.54. The first-order valence-electron chi connectivity index (χ1n) is 18.6. The quantitative estimate of drug-likeness (QED) is 0.132. The maximum absolute atomic E-state index is 10.1. The standard InChI is InChI=1S/C38H66O5S/c1-25(2)11-10-12-26(3)30-15-16-31-29-14-13-27-23-28(17-19-37(27,4)32(29)18-20-38(30,31)5)42-21-8-6-7-9-22-44-36-35(41)34(40)33(39)24-43-36/h13,25-26,28-36,39-41H,6-12,14-24H2,1-5H3/t26-,28?,29+,30-,31+,32+,33-,34+,35-,36+,37+,38-/m1/s1. The van der Waals surface area contributed by atoms with Crippen LogP contribution in [0.4, 0.5) is 0 Å². The zero-order valence-corrected chi connectivity index (χ0v) is 29.5. The minimum atomic E-state index is -1.11. The van der Waals surface area contributed by atoms with Crippen LogP contribution in [-0.4, -0.2) is 64.1 Å². The maximum Gasteiger partial charge on any atom is 0.131 e. The SMILES string of the molecule is CC(C)CCC[C@@H](C)[C@H]1CC[C@H]2[C@@H]3CC=C4CC(OCCCCCCS[C@@H]5OC[C@@H](O)[C@H](O)[C@H]5O)CC[C@]4(C)[C@H]3CC[C@]12C. The molecule has 0 aromatic heterocycles. The summed E-state index contributed by atoms with van der Waals surface area (Å²) in [6, 6.07) is 0. The normalized spacial score (nSPS) is 42.8. The number of unbranched alkanes of at least 4 members (excludes halogenated alkanes) is 3. The monoisotopic (exact) mass is 634 g/mol. The van der Waals surface area contributed by atoms with Gasteiger partial charge in [-0.25, -0.2) is 0 Å². The van der Waals surface area contributed by atoms with Crippen LogP contribution in [0.15, 0.2) is 11.6 Å². The molecule has 44 heavy (non-hydrogen) atoms. The molecule has 0 amide bonds. The number of thioether (sulfide) groups is 1. The van der Waals surface area contributed by atoms with Crippen LogP contribution in [0.2, 0.25) is 0 Å². The Morgan fingerprint density at radius 2 is 1.70 bits per heavy atom. The van der Waals surface area contributed by atoms with E-state index in [1.54, 1.807) is 17.3 Å². The lowest BCUT2D eigenvalue weighted by atomic mass is 9.47. The Morgan fingerprint density at radius 1 is 0.909 bits per heavy atom. The van der Waals surface area contributed by atoms with E-state index in [1.165, 1.54) is 64.2 Å². The number of allylic oxidation sites excluding steroid dienone is 1. The summed E-state index contributed by atoms with van der Waals surface area (Å²) in [6.45, 7) is 13.6. The van der Waals surface area contributed by atoms with E-state index in [2.05, 4.69) is 40.7 Å². The first kappa shape index (κ1) is 35.2. The highest BCUT2D eigenvalue weighted by molar-refractivity contribution is 7.99. The van der Waals surface area contributed by atoms with E-state index in [4.69, 9.17) is 9.47 Å². The van der Waals surface area contributed by atoms with Crippen molar-refractivity contribution < 1.29 is 24.8 Å². The lowest BCUT2D eigenvalue weighted by Gasteiger charge is -2.58. The zero-order chi connectivity index (χ0) is 31.5. The van der Waals surface area contributed by atoms with Crippen LogP contribution >= 0.6 is 11.8 Å². The molecule has 0 bridgehead atoms. The fourth-order valence-corrected chi connectivity index (χ4v) is 11.9. The summed E-state index contributed by atoms with van der Waals surface area (Å²) in [7, 11) is 0. The average molecular weight is 635 g/mol. The summed E-state index contributed by atoms with van der Waals surface area (Å²) in [5.41, 5.74) is 2.25. The average Bonchev–Trinajstić information content (AvgIpc) is 3.35. The van der Waals surface area contributed by atoms with Crippen LogP contribution in [0.1, 0.15) is 131 Å². The minimum Gasteiger partial charge on any atom is -0.388 e. The molecule has 1 saturated heterocycles. The van der Waals surface area contributed by atoms with Crippen molar-refractivity contribution in [3.05, 3.63) is 11.6 Å². The first-order valence-corrected chi connectivity index (χ1v) is 19.7. The highest BCUT2D eigenvalue weighted by Gasteiger charge is 2.59. The van der Waals surface area contributed by atoms with Crippen LogP contribution in [-0.2, 0) is 9.47 Å². The van der Waals surface area contributed by atoms with Crippen molar-refractivity contribution in [1.82, 2.24) is 0 Å². The van der Waals surface area contributed by atoms with Crippen molar-refractivity contribution in [3.8, 4) is 0 Å². The summed E-state index contributed by atoms with van der Waals surface area (Å²) in [4.78, 5) is 0. The van der Waals surface area contributed by atoms with Crippen LogP contribution in [0, 0.1) is 46.3 Å². The first-order chi connectivity index (χ1) is 21.0. The van der Waals surface area contributed by atoms with Gasteiger partial charge in [-0.1, -0.05) is 78.4 Å². The van der Waals surface area contributed by atoms with Gasteiger partial charge in [0.2, 0.25) is 0 Å². The molecule has 0 aromatic rings. The molecule has 4 fully saturated rings. The Hall–Kier alpha value is -0.110. The lowest BCUT2D eigenvalue weighted by molar-refractivity contribution is -0.161. The van der Waals surface area contributed by atoms with Crippen molar-refractivity contribution in [2.75, 3.05) is 19.0 Å². The molecule has 4 aliphatic carbocycles. The van der Waals surface area contributed by atoms with Crippen molar-refractivity contribution in [2.45, 2.75) is 161 Å². The van der Waals surface area contributed by atoms with Crippen LogP contribution < -0.4 is 0 Å². The molecule has 254 valence electrons. The number of hydrogen-bond donors (Lipinski definition) is 3. The lowest BCUT2D eigenvalue weighted by Crippen LogP contribution is -2.51. The van der Waals surface area contributed by atoms with Gasteiger partial charge in [-0.2, -0.15) is 0 Å². The van der Waals surface area contributed by atoms with E-state index in [0.29, 0.717) is 16.9 Å². The van der Waals surface area contributed by atoms with Gasteiger partial charge < -0.3 is 24.8 Å². The van der Waals surface area contributed by atoms with E-state index >= 15 is 0 Å². The van der Waals surface area contributed by atoms with E-state index in [1.807, 2.05) is 0 Å². The molecule has 0 spiro atoms. The summed E-state index contributed by atoms with van der Waals surface area (Å²) in [6.07, 6.45) is 19.5. The predicted octanol–water partition coefficient (Wildman–Crippen LogP) is 8.15. The number of fused-ring (bicyclic) bond motifs is 5. The molecule has 0 aromatic carbocycles. The molecule has 0 radical (unpaired) electrons. The van der Waals surface area contributed by atoms with Crippen molar-refractivity contribution >= 4 is 11.8 Å². The van der Waals surface area contributed by atoms with Gasteiger partial charge in [-0.05, 0) is 116 Å². The third-order valence-corrected chi connectivity index (χ3v) is 14.7. The Bertz CT molecular complexity index is 940. The highest BCUT2D eigenvalue weighted by Crippen LogP contribution is 2.67. The molecule has 1 aliphatic heterocycles. The molecule has 5 aliphatic rings. The Labute approximate surface area is 273 Å². The molecular weight excluding hydrogens is 568 g/mol. The van der Waals surface area contributed by atoms with Crippen molar-refractivity contribution in [2.24, 2.45) is 46.3 Å². The zero-order valence-electron chi connectivity index (χ0n) is 28.7. The number of aliphatic hydroxyl groups excluding tert-OH is 3. The Morgan fingerprint density at radius 3 is 2.50 bits per heavy atom. The van der Waals surface area contributed by atoms with E-state index < -0.39 is 23.7 Å². The summed E-state index contributed by atoms with van der Waals surface area (Å²) < 4.78 is 12.0. The van der Waals surface area contributed by atoms with Crippen molar-refractivity contribution in [3.63, 3.8) is 0 Å². The number of rotatable bonds is 14. The number of aliphatic hydroxyl groups is 3. The van der Waals surface area contributed by atoms with Gasteiger partial charge in [-0.15, -0.1) is 11.8 Å². The highest BCUT2D eigenvalue weighted by atomic mass is 32.2. The summed E-state index contributed by atoms with van der Waals surface area (Å²) in [5, 5.41) is 29.5. The van der Waals surface area contributed by atoms with Gasteiger partial charge in [0.1, 0.15) is 23.7 Å². The molecule has 1 unspecified atom stereocenters. The fraction of sp³-hybridized carbons (Fsp3) is 0.947. The van der Waals surface area contributed by atoms with Gasteiger partial charge in [0, 0.05) is 6.61 Å². The second-order valence-electron chi connectivity index (χ2n) is 16.6. The number of ether oxygens (including phenoxy) is 2. The van der Waals surface area contributed by atoms with E-state index in [-0.39, 0.29) is 6.61 Å².